The third-order valence-electron chi connectivity index (χ3n) is 3.89. The number of amides is 1. The lowest BCUT2D eigenvalue weighted by Crippen LogP contribution is -2.22. The first-order chi connectivity index (χ1) is 13.0. The molecule has 0 aliphatic heterocycles. The smallest absolute Gasteiger partial charge is 0.293 e. The quantitative estimate of drug-likeness (QED) is 0.437. The normalized spacial score (nSPS) is 10.4. The van der Waals surface area contributed by atoms with Gasteiger partial charge in [0.2, 0.25) is 0 Å². The molecule has 0 fully saturated rings. The molecule has 3 rings (SSSR count). The molecule has 1 heterocycles. The third-order valence-corrected chi connectivity index (χ3v) is 5.13. The molecule has 0 atom stereocenters. The van der Waals surface area contributed by atoms with E-state index >= 15 is 0 Å². The number of hydrogen-bond donors (Lipinski definition) is 2. The number of nitrogens with one attached hydrogen (secondary N) is 2. The Kier molecular flexibility index (Phi) is 6.05. The summed E-state index contributed by atoms with van der Waals surface area (Å²) in [6.07, 6.45) is 0. The van der Waals surface area contributed by atoms with Gasteiger partial charge in [0.25, 0.3) is 11.6 Å². The number of carbonyl (C=O) groups is 1. The van der Waals surface area contributed by atoms with Crippen LogP contribution in [0.1, 0.15) is 20.8 Å². The Labute approximate surface area is 164 Å². The highest BCUT2D eigenvalue weighted by Crippen LogP contribution is 2.27. The van der Waals surface area contributed by atoms with Crippen molar-refractivity contribution in [2.45, 2.75) is 13.1 Å². The number of benzene rings is 2. The molecule has 1 amide bonds. The van der Waals surface area contributed by atoms with Gasteiger partial charge in [-0.05, 0) is 35.2 Å². The fraction of sp³-hybridized carbons (Fsp3) is 0.105. The topological polar surface area (TPSA) is 84.3 Å². The van der Waals surface area contributed by atoms with Crippen LogP contribution in [0.3, 0.4) is 0 Å². The standard InChI is InChI=1S/C19H16ClN3O3S/c20-16-6-2-1-4-14(16)11-21-17-8-7-13(10-18(17)23(25)26)19(24)22-12-15-5-3-9-27-15/h1-10,21H,11-12H2,(H,22,24). The lowest BCUT2D eigenvalue weighted by Gasteiger charge is -2.10. The monoisotopic (exact) mass is 401 g/mol. The van der Waals surface area contributed by atoms with Crippen LogP contribution in [0.2, 0.25) is 5.02 Å². The molecule has 27 heavy (non-hydrogen) atoms. The van der Waals surface area contributed by atoms with Gasteiger partial charge < -0.3 is 10.6 Å². The van der Waals surface area contributed by atoms with Crippen LogP contribution >= 0.6 is 22.9 Å². The maximum Gasteiger partial charge on any atom is 0.293 e. The van der Waals surface area contributed by atoms with E-state index in [4.69, 9.17) is 11.6 Å². The van der Waals surface area contributed by atoms with Crippen LogP contribution in [-0.4, -0.2) is 10.8 Å². The van der Waals surface area contributed by atoms with Crippen LogP contribution in [0.25, 0.3) is 0 Å². The number of thiophene rings is 1. The van der Waals surface area contributed by atoms with Gasteiger partial charge in [0, 0.05) is 28.1 Å². The molecule has 0 aliphatic carbocycles. The zero-order valence-electron chi connectivity index (χ0n) is 14.1. The number of carbonyl (C=O) groups excluding carboxylic acids is 1. The summed E-state index contributed by atoms with van der Waals surface area (Å²) in [6.45, 7) is 0.723. The predicted molar refractivity (Wildman–Crippen MR) is 107 cm³/mol. The lowest BCUT2D eigenvalue weighted by atomic mass is 10.1. The second kappa shape index (κ2) is 8.66. The molecule has 0 bridgehead atoms. The summed E-state index contributed by atoms with van der Waals surface area (Å²) in [5, 5.41) is 19.7. The number of hydrogen-bond acceptors (Lipinski definition) is 5. The Balaban J connectivity index is 1.73. The van der Waals surface area contributed by atoms with Gasteiger partial charge in [-0.2, -0.15) is 0 Å². The van der Waals surface area contributed by atoms with Gasteiger partial charge in [0.05, 0.1) is 11.5 Å². The number of nitrogens with zero attached hydrogens (tertiary/aromatic N) is 1. The van der Waals surface area contributed by atoms with E-state index in [9.17, 15) is 14.9 Å². The van der Waals surface area contributed by atoms with Crippen molar-refractivity contribution in [1.82, 2.24) is 5.32 Å². The van der Waals surface area contributed by atoms with Gasteiger partial charge in [-0.1, -0.05) is 35.9 Å². The average Bonchev–Trinajstić information content (AvgIpc) is 3.19. The molecule has 0 aliphatic rings. The summed E-state index contributed by atoms with van der Waals surface area (Å²) in [5.74, 6) is -0.357. The van der Waals surface area contributed by atoms with Gasteiger partial charge in [-0.25, -0.2) is 0 Å². The van der Waals surface area contributed by atoms with E-state index in [1.165, 1.54) is 23.5 Å². The summed E-state index contributed by atoms with van der Waals surface area (Å²) < 4.78 is 0. The zero-order chi connectivity index (χ0) is 19.2. The maximum atomic E-state index is 12.3. The van der Waals surface area contributed by atoms with Crippen LogP contribution in [-0.2, 0) is 13.1 Å². The molecule has 2 aromatic carbocycles. The number of rotatable bonds is 7. The highest BCUT2D eigenvalue weighted by Gasteiger charge is 2.17. The number of halogens is 1. The lowest BCUT2D eigenvalue weighted by molar-refractivity contribution is -0.384. The molecule has 6 nitrogen and oxygen atoms in total. The summed E-state index contributed by atoms with van der Waals surface area (Å²) in [6, 6.07) is 15.4. The van der Waals surface area contributed by atoms with E-state index < -0.39 is 4.92 Å². The van der Waals surface area contributed by atoms with Crippen molar-refractivity contribution < 1.29 is 9.72 Å². The van der Waals surface area contributed by atoms with Crippen LogP contribution in [0.15, 0.2) is 60.0 Å². The fourth-order valence-electron chi connectivity index (χ4n) is 2.49. The first-order valence-electron chi connectivity index (χ1n) is 8.11. The second-order valence-electron chi connectivity index (χ2n) is 5.70. The van der Waals surface area contributed by atoms with Crippen LogP contribution < -0.4 is 10.6 Å². The molecule has 0 radical (unpaired) electrons. The number of anilines is 1. The van der Waals surface area contributed by atoms with Crippen molar-refractivity contribution >= 4 is 40.2 Å². The molecule has 0 unspecified atom stereocenters. The molecule has 1 aromatic heterocycles. The highest BCUT2D eigenvalue weighted by atomic mass is 35.5. The molecule has 3 aromatic rings. The van der Waals surface area contributed by atoms with Gasteiger partial charge in [-0.3, -0.25) is 14.9 Å². The molecule has 2 N–H and O–H groups in total. The van der Waals surface area contributed by atoms with Crippen molar-refractivity contribution in [2.24, 2.45) is 0 Å². The van der Waals surface area contributed by atoms with Crippen molar-refractivity contribution in [3.05, 3.63) is 91.1 Å². The minimum absolute atomic E-state index is 0.161. The van der Waals surface area contributed by atoms with E-state index in [0.29, 0.717) is 23.8 Å². The Morgan fingerprint density at radius 1 is 1.11 bits per heavy atom. The Morgan fingerprint density at radius 2 is 1.93 bits per heavy atom. The molecule has 8 heteroatoms. The van der Waals surface area contributed by atoms with E-state index in [2.05, 4.69) is 10.6 Å². The minimum Gasteiger partial charge on any atom is -0.375 e. The Hall–Kier alpha value is -2.90. The van der Waals surface area contributed by atoms with E-state index in [-0.39, 0.29) is 17.2 Å². The van der Waals surface area contributed by atoms with Gasteiger partial charge in [0.15, 0.2) is 0 Å². The average molecular weight is 402 g/mol. The predicted octanol–water partition coefficient (Wildman–Crippen LogP) is 4.85. The van der Waals surface area contributed by atoms with E-state index in [1.807, 2.05) is 35.7 Å². The second-order valence-corrected chi connectivity index (χ2v) is 7.14. The van der Waals surface area contributed by atoms with Crippen molar-refractivity contribution in [1.29, 1.82) is 0 Å². The van der Waals surface area contributed by atoms with Gasteiger partial charge >= 0.3 is 0 Å². The number of nitro benzene ring substituents is 1. The SMILES string of the molecule is O=C(NCc1cccs1)c1ccc(NCc2ccccc2Cl)c([N+](=O)[O-])c1. The highest BCUT2D eigenvalue weighted by molar-refractivity contribution is 7.09. The summed E-state index contributed by atoms with van der Waals surface area (Å²) in [5.41, 5.74) is 1.23. The largest absolute Gasteiger partial charge is 0.375 e. The first kappa shape index (κ1) is 18.9. The van der Waals surface area contributed by atoms with Crippen LogP contribution in [0.4, 0.5) is 11.4 Å². The zero-order valence-corrected chi connectivity index (χ0v) is 15.7. The van der Waals surface area contributed by atoms with Crippen molar-refractivity contribution in [3.8, 4) is 0 Å². The van der Waals surface area contributed by atoms with Crippen LogP contribution in [0.5, 0.6) is 0 Å². The molecule has 0 spiro atoms. The van der Waals surface area contributed by atoms with Crippen LogP contribution in [0, 0.1) is 10.1 Å². The molecular formula is C19H16ClN3O3S. The van der Waals surface area contributed by atoms with E-state index in [0.717, 1.165) is 10.4 Å². The molecule has 138 valence electrons. The Morgan fingerprint density at radius 3 is 2.63 bits per heavy atom. The van der Waals surface area contributed by atoms with Crippen molar-refractivity contribution in [3.63, 3.8) is 0 Å². The first-order valence-corrected chi connectivity index (χ1v) is 9.36. The van der Waals surface area contributed by atoms with E-state index in [1.54, 1.807) is 12.1 Å². The summed E-state index contributed by atoms with van der Waals surface area (Å²) in [4.78, 5) is 24.2. The molecule has 0 saturated heterocycles. The summed E-state index contributed by atoms with van der Waals surface area (Å²) >= 11 is 7.64. The molecule has 0 saturated carbocycles. The summed E-state index contributed by atoms with van der Waals surface area (Å²) in [7, 11) is 0. The third kappa shape index (κ3) is 4.84. The van der Waals surface area contributed by atoms with Crippen molar-refractivity contribution in [2.75, 3.05) is 5.32 Å². The molecular weight excluding hydrogens is 386 g/mol. The number of nitro groups is 1. The maximum absolute atomic E-state index is 12.3. The van der Waals surface area contributed by atoms with Gasteiger partial charge in [0.1, 0.15) is 5.69 Å². The Bertz CT molecular complexity index is 961. The minimum atomic E-state index is -0.509. The fourth-order valence-corrected chi connectivity index (χ4v) is 3.34. The van der Waals surface area contributed by atoms with Gasteiger partial charge in [-0.15, -0.1) is 11.3 Å².